The Labute approximate surface area is 125 Å². The van der Waals surface area contributed by atoms with Crippen LogP contribution in [-0.2, 0) is 24.5 Å². The van der Waals surface area contributed by atoms with Crippen LogP contribution in [0, 0.1) is 5.82 Å². The summed E-state index contributed by atoms with van der Waals surface area (Å²) in [7, 11) is 1.56. The summed E-state index contributed by atoms with van der Waals surface area (Å²) in [6, 6.07) is 4.35. The Morgan fingerprint density at radius 2 is 2.33 bits per heavy atom. The number of ether oxygens (including phenoxy) is 1. The highest BCUT2D eigenvalue weighted by atomic mass is 32.1. The van der Waals surface area contributed by atoms with Crippen LogP contribution in [0.25, 0.3) is 0 Å². The second kappa shape index (κ2) is 7.26. The maximum Gasteiger partial charge on any atom is 0.271 e. The van der Waals surface area contributed by atoms with Crippen LogP contribution in [0.15, 0.2) is 23.6 Å². The predicted molar refractivity (Wildman–Crippen MR) is 76.3 cm³/mol. The number of benzene rings is 1. The molecule has 0 radical (unpaired) electrons. The molecule has 21 heavy (non-hydrogen) atoms. The number of hydrogen-bond donors (Lipinski definition) is 2. The van der Waals surface area contributed by atoms with Gasteiger partial charge in [-0.3, -0.25) is 4.79 Å². The maximum absolute atomic E-state index is 13.2. The van der Waals surface area contributed by atoms with Gasteiger partial charge in [0.2, 0.25) is 0 Å². The molecule has 7 heteroatoms. The van der Waals surface area contributed by atoms with Crippen LogP contribution in [0.1, 0.15) is 26.6 Å². The normalized spacial score (nSPS) is 10.6. The van der Waals surface area contributed by atoms with E-state index in [0.717, 1.165) is 5.01 Å². The van der Waals surface area contributed by atoms with Crippen LogP contribution in [0.2, 0.25) is 0 Å². The van der Waals surface area contributed by atoms with Gasteiger partial charge in [0, 0.05) is 24.6 Å². The molecular weight excluding hydrogens is 295 g/mol. The fraction of sp³-hybridized carbons (Fsp3) is 0.286. The fourth-order valence-electron chi connectivity index (χ4n) is 1.74. The van der Waals surface area contributed by atoms with E-state index in [1.807, 2.05) is 0 Å². The van der Waals surface area contributed by atoms with Crippen molar-refractivity contribution in [3.8, 4) is 0 Å². The molecule has 0 unspecified atom stereocenters. The van der Waals surface area contributed by atoms with E-state index in [9.17, 15) is 9.18 Å². The van der Waals surface area contributed by atoms with Crippen LogP contribution in [0.3, 0.4) is 0 Å². The van der Waals surface area contributed by atoms with Gasteiger partial charge in [-0.25, -0.2) is 9.37 Å². The van der Waals surface area contributed by atoms with E-state index in [1.165, 1.54) is 23.5 Å². The standard InChI is InChI=1S/C14H15FN2O3S/c1-20-7-13-17-12(8-21-13)14(19)16-5-9-2-3-11(15)10(4-9)6-18/h2-4,8,18H,5-7H2,1H3,(H,16,19). The molecule has 5 nitrogen and oxygen atoms in total. The first-order chi connectivity index (χ1) is 10.1. The summed E-state index contributed by atoms with van der Waals surface area (Å²) in [4.78, 5) is 16.1. The molecule has 0 saturated heterocycles. The van der Waals surface area contributed by atoms with Crippen molar-refractivity contribution in [2.24, 2.45) is 0 Å². The summed E-state index contributed by atoms with van der Waals surface area (Å²) in [5, 5.41) is 14.1. The van der Waals surface area contributed by atoms with E-state index < -0.39 is 5.82 Å². The molecule has 0 aliphatic heterocycles. The van der Waals surface area contributed by atoms with Crippen LogP contribution in [0.5, 0.6) is 0 Å². The van der Waals surface area contributed by atoms with Crippen molar-refractivity contribution in [2.45, 2.75) is 19.8 Å². The minimum atomic E-state index is -0.462. The summed E-state index contributed by atoms with van der Waals surface area (Å²) in [6.07, 6.45) is 0. The van der Waals surface area contributed by atoms with E-state index in [-0.39, 0.29) is 24.6 Å². The van der Waals surface area contributed by atoms with Gasteiger partial charge >= 0.3 is 0 Å². The second-order valence-electron chi connectivity index (χ2n) is 4.33. The number of carbonyl (C=O) groups excluding carboxylic acids is 1. The molecule has 2 rings (SSSR count). The largest absolute Gasteiger partial charge is 0.392 e. The molecule has 1 aromatic heterocycles. The van der Waals surface area contributed by atoms with Crippen molar-refractivity contribution >= 4 is 17.2 Å². The van der Waals surface area contributed by atoms with E-state index in [4.69, 9.17) is 9.84 Å². The molecule has 0 saturated carbocycles. The zero-order chi connectivity index (χ0) is 15.2. The molecule has 2 N–H and O–H groups in total. The van der Waals surface area contributed by atoms with Gasteiger partial charge in [-0.15, -0.1) is 11.3 Å². The third-order valence-electron chi connectivity index (χ3n) is 2.79. The van der Waals surface area contributed by atoms with Crippen LogP contribution in [-0.4, -0.2) is 23.1 Å². The van der Waals surface area contributed by atoms with Gasteiger partial charge in [-0.1, -0.05) is 6.07 Å². The molecule has 0 aliphatic carbocycles. The van der Waals surface area contributed by atoms with Crippen molar-refractivity contribution in [1.82, 2.24) is 10.3 Å². The number of nitrogens with one attached hydrogen (secondary N) is 1. The highest BCUT2D eigenvalue weighted by Gasteiger charge is 2.11. The smallest absolute Gasteiger partial charge is 0.271 e. The van der Waals surface area contributed by atoms with Gasteiger partial charge in [-0.05, 0) is 17.7 Å². The molecular formula is C14H15FN2O3S. The first-order valence-corrected chi connectivity index (χ1v) is 7.11. The minimum Gasteiger partial charge on any atom is -0.392 e. The first kappa shape index (κ1) is 15.6. The first-order valence-electron chi connectivity index (χ1n) is 6.23. The molecule has 0 bridgehead atoms. The van der Waals surface area contributed by atoms with Crippen molar-refractivity contribution in [2.75, 3.05) is 7.11 Å². The molecule has 0 atom stereocenters. The topological polar surface area (TPSA) is 71.5 Å². The average molecular weight is 310 g/mol. The van der Waals surface area contributed by atoms with Crippen LogP contribution < -0.4 is 5.32 Å². The lowest BCUT2D eigenvalue weighted by Gasteiger charge is -2.06. The highest BCUT2D eigenvalue weighted by Crippen LogP contribution is 2.12. The van der Waals surface area contributed by atoms with Crippen molar-refractivity contribution in [3.05, 3.63) is 51.2 Å². The Kier molecular flexibility index (Phi) is 5.38. The van der Waals surface area contributed by atoms with E-state index in [2.05, 4.69) is 10.3 Å². The number of amides is 1. The molecule has 0 aliphatic rings. The third-order valence-corrected chi connectivity index (χ3v) is 3.61. The number of nitrogens with zero attached hydrogens (tertiary/aromatic N) is 1. The van der Waals surface area contributed by atoms with Gasteiger partial charge in [-0.2, -0.15) is 0 Å². The van der Waals surface area contributed by atoms with Crippen LogP contribution in [0.4, 0.5) is 4.39 Å². The van der Waals surface area contributed by atoms with Gasteiger partial charge in [0.15, 0.2) is 0 Å². The number of halogens is 1. The predicted octanol–water partition coefficient (Wildman–Crippen LogP) is 1.85. The Hall–Kier alpha value is -1.83. The lowest BCUT2D eigenvalue weighted by Crippen LogP contribution is -2.23. The minimum absolute atomic E-state index is 0.206. The fourth-order valence-corrected chi connectivity index (χ4v) is 2.48. The number of carbonyl (C=O) groups is 1. The molecule has 1 heterocycles. The van der Waals surface area contributed by atoms with Gasteiger partial charge in [0.05, 0.1) is 13.2 Å². The summed E-state index contributed by atoms with van der Waals surface area (Å²) in [5.74, 6) is -0.764. The van der Waals surface area contributed by atoms with Crippen LogP contribution >= 0.6 is 11.3 Å². The monoisotopic (exact) mass is 310 g/mol. The Balaban J connectivity index is 1.97. The number of rotatable bonds is 6. The Morgan fingerprint density at radius 1 is 1.52 bits per heavy atom. The molecule has 112 valence electrons. The summed E-state index contributed by atoms with van der Waals surface area (Å²) < 4.78 is 18.2. The van der Waals surface area contributed by atoms with Crippen molar-refractivity contribution in [3.63, 3.8) is 0 Å². The van der Waals surface area contributed by atoms with E-state index in [0.29, 0.717) is 17.9 Å². The number of methoxy groups -OCH3 is 1. The Bertz CT molecular complexity index is 630. The number of aromatic nitrogens is 1. The lowest BCUT2D eigenvalue weighted by molar-refractivity contribution is 0.0946. The summed E-state index contributed by atoms with van der Waals surface area (Å²) in [5.41, 5.74) is 1.25. The van der Waals surface area contributed by atoms with Gasteiger partial charge < -0.3 is 15.2 Å². The molecule has 0 spiro atoms. The molecule has 1 amide bonds. The quantitative estimate of drug-likeness (QED) is 0.854. The van der Waals surface area contributed by atoms with Gasteiger partial charge in [0.1, 0.15) is 16.5 Å². The number of thiazole rings is 1. The van der Waals surface area contributed by atoms with Crippen molar-refractivity contribution in [1.29, 1.82) is 0 Å². The average Bonchev–Trinajstić information content (AvgIpc) is 2.95. The molecule has 1 aromatic carbocycles. The Morgan fingerprint density at radius 3 is 3.05 bits per heavy atom. The van der Waals surface area contributed by atoms with Gasteiger partial charge in [0.25, 0.3) is 5.91 Å². The van der Waals surface area contributed by atoms with E-state index in [1.54, 1.807) is 18.6 Å². The summed E-state index contributed by atoms with van der Waals surface area (Å²) >= 11 is 1.35. The van der Waals surface area contributed by atoms with Crippen molar-refractivity contribution < 1.29 is 19.0 Å². The lowest BCUT2D eigenvalue weighted by atomic mass is 10.1. The number of aliphatic hydroxyl groups excluding tert-OH is 1. The second-order valence-corrected chi connectivity index (χ2v) is 5.27. The molecule has 2 aromatic rings. The number of aliphatic hydroxyl groups is 1. The molecule has 0 fully saturated rings. The third kappa shape index (κ3) is 4.07. The zero-order valence-corrected chi connectivity index (χ0v) is 12.2. The summed E-state index contributed by atoms with van der Waals surface area (Å²) in [6.45, 7) is 0.235. The zero-order valence-electron chi connectivity index (χ0n) is 11.4. The number of hydrogen-bond acceptors (Lipinski definition) is 5. The van der Waals surface area contributed by atoms with E-state index >= 15 is 0 Å². The highest BCUT2D eigenvalue weighted by molar-refractivity contribution is 7.09. The SMILES string of the molecule is COCc1nc(C(=O)NCc2ccc(F)c(CO)c2)cs1. The maximum atomic E-state index is 13.2.